The Hall–Kier alpha value is -3.62. The van der Waals surface area contributed by atoms with Crippen LogP contribution in [-0.4, -0.2) is 29.3 Å². The van der Waals surface area contributed by atoms with E-state index in [4.69, 9.17) is 0 Å². The molecule has 3 aliphatic rings. The van der Waals surface area contributed by atoms with Crippen molar-refractivity contribution in [3.05, 3.63) is 59.8 Å². The highest BCUT2D eigenvalue weighted by molar-refractivity contribution is 6.01. The smallest absolute Gasteiger partial charge is 0.395 e. The number of hydrogen-bond acceptors (Lipinski definition) is 5. The molecule has 0 spiro atoms. The largest absolute Gasteiger partial charge is 0.586 e. The fourth-order valence-corrected chi connectivity index (χ4v) is 3.61. The lowest BCUT2D eigenvalue weighted by molar-refractivity contribution is -0.286. The highest BCUT2D eigenvalue weighted by Gasteiger charge is 2.53. The van der Waals surface area contributed by atoms with Crippen LogP contribution in [0.2, 0.25) is 0 Å². The third kappa shape index (κ3) is 3.12. The van der Waals surface area contributed by atoms with Crippen LogP contribution in [0, 0.1) is 0 Å². The molecule has 1 unspecified atom stereocenters. The van der Waals surface area contributed by atoms with E-state index < -0.39 is 17.6 Å². The second kappa shape index (κ2) is 6.45. The van der Waals surface area contributed by atoms with Gasteiger partial charge < -0.3 is 14.8 Å². The highest BCUT2D eigenvalue weighted by atomic mass is 19.3. The van der Waals surface area contributed by atoms with Crippen molar-refractivity contribution < 1.29 is 27.8 Å². The van der Waals surface area contributed by atoms with E-state index in [1.807, 2.05) is 0 Å². The quantitative estimate of drug-likeness (QED) is 0.834. The number of fused-ring (bicyclic) bond motifs is 1. The van der Waals surface area contributed by atoms with E-state index in [1.165, 1.54) is 18.3 Å². The second-order valence-electron chi connectivity index (χ2n) is 7.29. The fraction of sp³-hybridized carbons (Fsp3) is 0.238. The number of allylic oxidation sites excluding steroid dienone is 1. The summed E-state index contributed by atoms with van der Waals surface area (Å²) in [4.78, 5) is 33.1. The van der Waals surface area contributed by atoms with Crippen LogP contribution >= 0.6 is 0 Å². The fourth-order valence-electron chi connectivity index (χ4n) is 3.61. The molecule has 9 heteroatoms. The molecule has 152 valence electrons. The van der Waals surface area contributed by atoms with Crippen molar-refractivity contribution in [2.24, 2.45) is 4.99 Å². The summed E-state index contributed by atoms with van der Waals surface area (Å²) >= 11 is 0. The number of hydrogen-bond donors (Lipinski definition) is 1. The first kappa shape index (κ1) is 18.4. The topological polar surface area (TPSA) is 89.9 Å². The Labute approximate surface area is 169 Å². The summed E-state index contributed by atoms with van der Waals surface area (Å²) < 4.78 is 35.5. The minimum Gasteiger partial charge on any atom is -0.395 e. The van der Waals surface area contributed by atoms with E-state index >= 15 is 0 Å². The average molecular weight is 411 g/mol. The van der Waals surface area contributed by atoms with Crippen molar-refractivity contribution in [2.75, 3.05) is 5.32 Å². The molecular formula is C21H15F2N3O4. The number of benzene rings is 1. The predicted octanol–water partition coefficient (Wildman–Crippen LogP) is 3.32. The number of nitrogens with zero attached hydrogens (tertiary/aromatic N) is 2. The Balaban J connectivity index is 1.36. The number of rotatable bonds is 4. The summed E-state index contributed by atoms with van der Waals surface area (Å²) in [5.74, 6) is -1.10. The number of dihydropyridines is 1. The maximum Gasteiger partial charge on any atom is 0.586 e. The zero-order valence-electron chi connectivity index (χ0n) is 15.5. The van der Waals surface area contributed by atoms with Crippen molar-refractivity contribution in [2.45, 2.75) is 30.5 Å². The van der Waals surface area contributed by atoms with E-state index in [-0.39, 0.29) is 23.3 Å². The van der Waals surface area contributed by atoms with Gasteiger partial charge in [-0.15, -0.1) is 8.78 Å². The monoisotopic (exact) mass is 411 g/mol. The highest BCUT2D eigenvalue weighted by Crippen LogP contribution is 2.52. The Morgan fingerprint density at radius 2 is 1.93 bits per heavy atom. The number of alkyl halides is 2. The number of aliphatic imine (C=N–C) groups is 1. The number of ether oxygens (including phenoxy) is 2. The Morgan fingerprint density at radius 1 is 1.13 bits per heavy atom. The van der Waals surface area contributed by atoms with Gasteiger partial charge in [0.1, 0.15) is 11.7 Å². The van der Waals surface area contributed by atoms with Crippen molar-refractivity contribution >= 4 is 23.8 Å². The van der Waals surface area contributed by atoms with Gasteiger partial charge in [-0.3, -0.25) is 9.59 Å². The third-order valence-corrected chi connectivity index (χ3v) is 5.33. The van der Waals surface area contributed by atoms with E-state index in [0.29, 0.717) is 29.9 Å². The number of carbonyl (C=O) groups is 2. The first-order valence-electron chi connectivity index (χ1n) is 9.30. The molecule has 7 nitrogen and oxygen atoms in total. The first-order chi connectivity index (χ1) is 14.4. The molecular weight excluding hydrogens is 396 g/mol. The van der Waals surface area contributed by atoms with Gasteiger partial charge >= 0.3 is 6.29 Å². The number of pyridine rings is 1. The molecule has 1 fully saturated rings. The Morgan fingerprint density at radius 3 is 2.70 bits per heavy atom. The van der Waals surface area contributed by atoms with Crippen LogP contribution < -0.4 is 14.8 Å². The zero-order valence-corrected chi connectivity index (χ0v) is 15.5. The second-order valence-corrected chi connectivity index (χ2v) is 7.29. The summed E-state index contributed by atoms with van der Waals surface area (Å²) in [5.41, 5.74) is 0.190. The van der Waals surface area contributed by atoms with Crippen LogP contribution in [0.5, 0.6) is 11.5 Å². The van der Waals surface area contributed by atoms with Gasteiger partial charge in [-0.05, 0) is 48.7 Å². The molecule has 5 rings (SSSR count). The van der Waals surface area contributed by atoms with E-state index in [0.717, 1.165) is 0 Å². The lowest BCUT2D eigenvalue weighted by Gasteiger charge is -2.17. The van der Waals surface area contributed by atoms with Crippen LogP contribution in [0.25, 0.3) is 0 Å². The molecule has 3 heterocycles. The molecule has 0 bridgehead atoms. The van der Waals surface area contributed by atoms with Gasteiger partial charge in [-0.1, -0.05) is 18.2 Å². The van der Waals surface area contributed by atoms with Gasteiger partial charge in [-0.2, -0.15) is 0 Å². The molecule has 1 saturated carbocycles. The molecule has 1 aromatic carbocycles. The molecule has 1 aliphatic carbocycles. The van der Waals surface area contributed by atoms with Gasteiger partial charge in [0, 0.05) is 6.21 Å². The lowest BCUT2D eigenvalue weighted by atomic mass is 9.94. The van der Waals surface area contributed by atoms with Gasteiger partial charge in [0.25, 0.3) is 5.91 Å². The zero-order chi connectivity index (χ0) is 20.9. The number of amides is 2. The molecule has 2 amide bonds. The minimum atomic E-state index is -3.71. The minimum absolute atomic E-state index is 0.0674. The summed E-state index contributed by atoms with van der Waals surface area (Å²) in [5, 5.41) is 2.78. The van der Waals surface area contributed by atoms with Crippen molar-refractivity contribution in [1.82, 2.24) is 4.98 Å². The predicted molar refractivity (Wildman–Crippen MR) is 102 cm³/mol. The van der Waals surface area contributed by atoms with Gasteiger partial charge in [0.15, 0.2) is 11.5 Å². The van der Waals surface area contributed by atoms with E-state index in [9.17, 15) is 18.4 Å². The normalized spacial score (nSPS) is 22.1. The number of aromatic nitrogens is 1. The standard InChI is InChI=1S/C21H15F2N3O4/c22-21(23)29-15-7-6-12(11-16(15)30-21)20(8-9-20)19(28)26-17-5-1-4-14(25-17)13-3-2-10-24-18(13)27/h1-7,10-11,13H,8-9H2,(H,25,26,28). The summed E-state index contributed by atoms with van der Waals surface area (Å²) in [6.45, 7) is 0. The van der Waals surface area contributed by atoms with Gasteiger partial charge in [0.05, 0.1) is 11.1 Å². The molecule has 1 atom stereocenters. The summed E-state index contributed by atoms with van der Waals surface area (Å²) in [6, 6.07) is 9.38. The molecule has 2 aromatic rings. The summed E-state index contributed by atoms with van der Waals surface area (Å²) in [6.07, 6.45) is 2.19. The van der Waals surface area contributed by atoms with Crippen molar-refractivity contribution in [3.8, 4) is 11.5 Å². The van der Waals surface area contributed by atoms with Gasteiger partial charge in [-0.25, -0.2) is 9.98 Å². The number of nitrogens with one attached hydrogen (secondary N) is 1. The molecule has 0 radical (unpaired) electrons. The van der Waals surface area contributed by atoms with E-state index in [2.05, 4.69) is 24.8 Å². The Kier molecular flexibility index (Phi) is 3.96. The van der Waals surface area contributed by atoms with E-state index in [1.54, 1.807) is 36.4 Å². The SMILES string of the molecule is O=C1N=CC=CC1c1cccc(NC(=O)C2(c3ccc4c(c3)OC(F)(F)O4)CC2)n1. The number of anilines is 1. The molecule has 1 N–H and O–H groups in total. The maximum atomic E-state index is 13.3. The molecule has 0 saturated heterocycles. The average Bonchev–Trinajstić information content (AvgIpc) is 3.46. The maximum absolute atomic E-state index is 13.3. The van der Waals surface area contributed by atoms with Crippen LogP contribution in [0.4, 0.5) is 14.6 Å². The number of halogens is 2. The van der Waals surface area contributed by atoms with Crippen LogP contribution in [0.15, 0.2) is 53.5 Å². The van der Waals surface area contributed by atoms with Crippen molar-refractivity contribution in [1.29, 1.82) is 0 Å². The van der Waals surface area contributed by atoms with Gasteiger partial charge in [0.2, 0.25) is 5.91 Å². The summed E-state index contributed by atoms with van der Waals surface area (Å²) in [7, 11) is 0. The molecule has 1 aromatic heterocycles. The first-order valence-corrected chi connectivity index (χ1v) is 9.30. The third-order valence-electron chi connectivity index (χ3n) is 5.33. The lowest BCUT2D eigenvalue weighted by Crippen LogP contribution is -2.28. The number of carbonyl (C=O) groups excluding carboxylic acids is 2. The van der Waals surface area contributed by atoms with Crippen molar-refractivity contribution in [3.63, 3.8) is 0 Å². The molecule has 30 heavy (non-hydrogen) atoms. The molecule has 2 aliphatic heterocycles. The van der Waals surface area contributed by atoms with Crippen LogP contribution in [-0.2, 0) is 15.0 Å². The van der Waals surface area contributed by atoms with Crippen LogP contribution in [0.1, 0.15) is 30.0 Å². The Bertz CT molecular complexity index is 1120. The van der Waals surface area contributed by atoms with Crippen LogP contribution in [0.3, 0.4) is 0 Å².